The normalized spacial score (nSPS) is 37.2. The van der Waals surface area contributed by atoms with Gasteiger partial charge in [0, 0.05) is 12.1 Å². The molecule has 0 radical (unpaired) electrons. The van der Waals surface area contributed by atoms with Crippen LogP contribution in [-0.4, -0.2) is 29.9 Å². The zero-order valence-electron chi connectivity index (χ0n) is 13.2. The predicted octanol–water partition coefficient (Wildman–Crippen LogP) is 2.98. The van der Waals surface area contributed by atoms with Gasteiger partial charge in [0.05, 0.1) is 0 Å². The molecule has 0 heterocycles. The number of aliphatic hydroxyl groups is 1. The fourth-order valence-corrected chi connectivity index (χ4v) is 5.43. The maximum absolute atomic E-state index is 10.2. The van der Waals surface area contributed by atoms with Gasteiger partial charge in [-0.1, -0.05) is 18.2 Å². The van der Waals surface area contributed by atoms with Gasteiger partial charge in [-0.15, -0.1) is 0 Å². The second-order valence-electron chi connectivity index (χ2n) is 7.86. The first-order valence-electron chi connectivity index (χ1n) is 8.82. The third kappa shape index (κ3) is 3.02. The number of aliphatic hydroxyl groups excluding tert-OH is 1. The summed E-state index contributed by atoms with van der Waals surface area (Å²) in [6.45, 7) is 1.02. The molecule has 3 nitrogen and oxygen atoms in total. The predicted molar refractivity (Wildman–Crippen MR) is 86.8 cm³/mol. The minimum Gasteiger partial charge on any atom is -0.491 e. The number of ether oxygens (including phenoxy) is 1. The van der Waals surface area contributed by atoms with E-state index in [-0.39, 0.29) is 0 Å². The second kappa shape index (κ2) is 5.86. The summed E-state index contributed by atoms with van der Waals surface area (Å²) >= 11 is 0. The van der Waals surface area contributed by atoms with Gasteiger partial charge in [-0.3, -0.25) is 0 Å². The average Bonchev–Trinajstić information content (AvgIpc) is 2.51. The molecule has 2 N–H and O–H groups in total. The van der Waals surface area contributed by atoms with Gasteiger partial charge < -0.3 is 15.2 Å². The van der Waals surface area contributed by atoms with Gasteiger partial charge in [0.2, 0.25) is 0 Å². The Morgan fingerprint density at radius 2 is 1.64 bits per heavy atom. The monoisotopic (exact) mass is 301 g/mol. The van der Waals surface area contributed by atoms with Crippen LogP contribution in [0.3, 0.4) is 0 Å². The fourth-order valence-electron chi connectivity index (χ4n) is 5.43. The van der Waals surface area contributed by atoms with E-state index in [0.29, 0.717) is 18.7 Å². The van der Waals surface area contributed by atoms with E-state index in [1.807, 2.05) is 30.3 Å². The molecular weight excluding hydrogens is 274 g/mol. The van der Waals surface area contributed by atoms with E-state index >= 15 is 0 Å². The lowest BCUT2D eigenvalue weighted by Crippen LogP contribution is -2.59. The molecule has 1 unspecified atom stereocenters. The van der Waals surface area contributed by atoms with E-state index in [1.54, 1.807) is 0 Å². The molecule has 3 heteroatoms. The summed E-state index contributed by atoms with van der Waals surface area (Å²) in [5, 5.41) is 14.0. The molecule has 4 bridgehead atoms. The summed E-state index contributed by atoms with van der Waals surface area (Å²) in [5.41, 5.74) is 0.322. The molecule has 0 aliphatic heterocycles. The highest BCUT2D eigenvalue weighted by Crippen LogP contribution is 2.55. The maximum atomic E-state index is 10.2. The van der Waals surface area contributed by atoms with Crippen LogP contribution in [0.5, 0.6) is 5.75 Å². The van der Waals surface area contributed by atoms with Gasteiger partial charge in [-0.25, -0.2) is 0 Å². The molecule has 4 aliphatic carbocycles. The number of hydrogen-bond donors (Lipinski definition) is 2. The fraction of sp³-hybridized carbons (Fsp3) is 0.684. The lowest BCUT2D eigenvalue weighted by molar-refractivity contribution is -0.0266. The van der Waals surface area contributed by atoms with Crippen LogP contribution in [0.25, 0.3) is 0 Å². The van der Waals surface area contributed by atoms with Crippen molar-refractivity contribution >= 4 is 0 Å². The number of para-hydroxylation sites is 1. The van der Waals surface area contributed by atoms with Crippen molar-refractivity contribution in [2.24, 2.45) is 17.8 Å². The summed E-state index contributed by atoms with van der Waals surface area (Å²) in [7, 11) is 0. The van der Waals surface area contributed by atoms with Crippen molar-refractivity contribution in [3.05, 3.63) is 30.3 Å². The van der Waals surface area contributed by atoms with Gasteiger partial charge in [-0.2, -0.15) is 0 Å². The largest absolute Gasteiger partial charge is 0.491 e. The van der Waals surface area contributed by atoms with Crippen molar-refractivity contribution in [1.82, 2.24) is 5.32 Å². The summed E-state index contributed by atoms with van der Waals surface area (Å²) in [4.78, 5) is 0. The van der Waals surface area contributed by atoms with E-state index in [1.165, 1.54) is 38.5 Å². The zero-order chi connectivity index (χ0) is 15.0. The molecule has 1 atom stereocenters. The Kier molecular flexibility index (Phi) is 3.87. The Morgan fingerprint density at radius 3 is 2.23 bits per heavy atom. The molecule has 4 saturated carbocycles. The van der Waals surface area contributed by atoms with Gasteiger partial charge >= 0.3 is 0 Å². The maximum Gasteiger partial charge on any atom is 0.119 e. The Morgan fingerprint density at radius 1 is 1.05 bits per heavy atom. The number of nitrogens with one attached hydrogen (secondary N) is 1. The molecule has 120 valence electrons. The van der Waals surface area contributed by atoms with Gasteiger partial charge in [-0.05, 0) is 68.4 Å². The van der Waals surface area contributed by atoms with Crippen LogP contribution in [0.15, 0.2) is 30.3 Å². The van der Waals surface area contributed by atoms with Crippen LogP contribution >= 0.6 is 0 Å². The highest BCUT2D eigenvalue weighted by molar-refractivity contribution is 5.20. The number of benzene rings is 1. The van der Waals surface area contributed by atoms with Crippen LogP contribution in [0.2, 0.25) is 0 Å². The second-order valence-corrected chi connectivity index (χ2v) is 7.86. The first-order valence-corrected chi connectivity index (χ1v) is 8.82. The topological polar surface area (TPSA) is 41.5 Å². The van der Waals surface area contributed by atoms with Crippen LogP contribution in [0, 0.1) is 17.8 Å². The molecule has 0 saturated heterocycles. The molecule has 1 aromatic rings. The van der Waals surface area contributed by atoms with Crippen LogP contribution < -0.4 is 10.1 Å². The van der Waals surface area contributed by atoms with E-state index < -0.39 is 6.10 Å². The number of rotatable bonds is 6. The van der Waals surface area contributed by atoms with Crippen molar-refractivity contribution in [3.63, 3.8) is 0 Å². The third-order valence-electron chi connectivity index (χ3n) is 5.94. The first-order chi connectivity index (χ1) is 10.7. The smallest absolute Gasteiger partial charge is 0.119 e. The minimum absolute atomic E-state index is 0.322. The highest BCUT2D eigenvalue weighted by atomic mass is 16.5. The quantitative estimate of drug-likeness (QED) is 0.849. The van der Waals surface area contributed by atoms with Crippen LogP contribution in [-0.2, 0) is 0 Å². The molecule has 4 aliphatic rings. The summed E-state index contributed by atoms with van der Waals surface area (Å²) in [5.74, 6) is 3.65. The van der Waals surface area contributed by atoms with Crippen molar-refractivity contribution in [1.29, 1.82) is 0 Å². The highest BCUT2D eigenvalue weighted by Gasteiger charge is 2.50. The first kappa shape index (κ1) is 14.5. The summed E-state index contributed by atoms with van der Waals surface area (Å²) in [6.07, 6.45) is 7.91. The van der Waals surface area contributed by atoms with Crippen molar-refractivity contribution in [2.45, 2.75) is 50.2 Å². The van der Waals surface area contributed by atoms with Gasteiger partial charge in [0.25, 0.3) is 0 Å². The minimum atomic E-state index is -0.437. The molecule has 4 fully saturated rings. The van der Waals surface area contributed by atoms with Gasteiger partial charge in [0.1, 0.15) is 18.5 Å². The Balaban J connectivity index is 1.27. The molecule has 22 heavy (non-hydrogen) atoms. The lowest BCUT2D eigenvalue weighted by Gasteiger charge is -2.57. The molecule has 0 amide bonds. The van der Waals surface area contributed by atoms with E-state index in [9.17, 15) is 5.11 Å². The van der Waals surface area contributed by atoms with Crippen molar-refractivity contribution in [3.8, 4) is 5.75 Å². The molecule has 0 aromatic heterocycles. The van der Waals surface area contributed by atoms with Crippen molar-refractivity contribution < 1.29 is 9.84 Å². The van der Waals surface area contributed by atoms with E-state index in [0.717, 1.165) is 23.5 Å². The van der Waals surface area contributed by atoms with E-state index in [4.69, 9.17) is 4.74 Å². The number of β-amino-alcohol motifs (C(OH)–C–C–N with tert-alkyl or cyclic N) is 1. The van der Waals surface area contributed by atoms with E-state index in [2.05, 4.69) is 5.32 Å². The summed E-state index contributed by atoms with van der Waals surface area (Å²) in [6, 6.07) is 9.74. The Labute approximate surface area is 133 Å². The molecule has 5 rings (SSSR count). The molecule has 1 aromatic carbocycles. The molecular formula is C19H27NO2. The SMILES string of the molecule is OC(CNC12CC3CC(CC(C3)C1)C2)COc1ccccc1. The van der Waals surface area contributed by atoms with Gasteiger partial charge in [0.15, 0.2) is 0 Å². The zero-order valence-corrected chi connectivity index (χ0v) is 13.2. The van der Waals surface area contributed by atoms with Crippen LogP contribution in [0.4, 0.5) is 0 Å². The summed E-state index contributed by atoms with van der Waals surface area (Å²) < 4.78 is 5.65. The van der Waals surface area contributed by atoms with Crippen molar-refractivity contribution in [2.75, 3.05) is 13.2 Å². The number of hydrogen-bond acceptors (Lipinski definition) is 3. The Bertz CT molecular complexity index is 466. The standard InChI is InChI=1S/C19H27NO2/c21-17(13-22-18-4-2-1-3-5-18)12-20-19-9-14-6-15(10-19)8-16(7-14)11-19/h1-5,14-17,20-21H,6-13H2. The third-order valence-corrected chi connectivity index (χ3v) is 5.94. The average molecular weight is 301 g/mol. The Hall–Kier alpha value is -1.06. The van der Waals surface area contributed by atoms with Crippen LogP contribution in [0.1, 0.15) is 38.5 Å². The lowest BCUT2D eigenvalue weighted by atomic mass is 9.53. The molecule has 0 spiro atoms.